The van der Waals surface area contributed by atoms with E-state index >= 15 is 0 Å². The third-order valence-corrected chi connectivity index (χ3v) is 4.12. The lowest BCUT2D eigenvalue weighted by Gasteiger charge is -2.40. The number of hydrogen-bond acceptors (Lipinski definition) is 2. The maximum Gasteiger partial charge on any atom is 0.123 e. The Hall–Kier alpha value is -0.660. The normalized spacial score (nSPS) is 42.6. The van der Waals surface area contributed by atoms with E-state index in [9.17, 15) is 9.59 Å². The van der Waals surface area contributed by atoms with Gasteiger partial charge in [0, 0.05) is 11.8 Å². The lowest BCUT2D eigenvalue weighted by molar-refractivity contribution is -0.123. The van der Waals surface area contributed by atoms with Crippen LogP contribution in [0, 0.1) is 23.7 Å². The number of carbonyl (C=O) groups is 2. The van der Waals surface area contributed by atoms with E-state index in [1.54, 1.807) is 0 Å². The van der Waals surface area contributed by atoms with Gasteiger partial charge in [0.2, 0.25) is 0 Å². The number of hydrogen-bond donors (Lipinski definition) is 0. The van der Waals surface area contributed by atoms with Gasteiger partial charge in [-0.2, -0.15) is 0 Å². The second kappa shape index (κ2) is 4.24. The first-order chi connectivity index (χ1) is 6.85. The summed E-state index contributed by atoms with van der Waals surface area (Å²) in [4.78, 5) is 21.7. The van der Waals surface area contributed by atoms with E-state index in [4.69, 9.17) is 0 Å². The minimum atomic E-state index is 0.0202. The van der Waals surface area contributed by atoms with E-state index < -0.39 is 0 Å². The van der Waals surface area contributed by atoms with E-state index in [2.05, 4.69) is 0 Å². The highest BCUT2D eigenvalue weighted by atomic mass is 16.1. The summed E-state index contributed by atoms with van der Waals surface area (Å²) in [6.45, 7) is 0. The first-order valence-corrected chi connectivity index (χ1v) is 5.75. The van der Waals surface area contributed by atoms with Gasteiger partial charge in [-0.25, -0.2) is 0 Å². The van der Waals surface area contributed by atoms with Crippen LogP contribution in [-0.4, -0.2) is 12.6 Å². The molecule has 0 amide bonds. The van der Waals surface area contributed by atoms with Gasteiger partial charge >= 0.3 is 0 Å². The summed E-state index contributed by atoms with van der Waals surface area (Å²) in [5.41, 5.74) is 0. The van der Waals surface area contributed by atoms with Crippen molar-refractivity contribution < 1.29 is 9.59 Å². The molecule has 2 aliphatic carbocycles. The van der Waals surface area contributed by atoms with Crippen LogP contribution in [0.4, 0.5) is 0 Å². The fourth-order valence-corrected chi connectivity index (χ4v) is 3.27. The molecule has 0 N–H and O–H groups in total. The lowest BCUT2D eigenvalue weighted by Crippen LogP contribution is -2.35. The average molecular weight is 194 g/mol. The van der Waals surface area contributed by atoms with Crippen LogP contribution in [0.5, 0.6) is 0 Å². The molecule has 2 fully saturated rings. The van der Waals surface area contributed by atoms with Gasteiger partial charge in [0.15, 0.2) is 0 Å². The molecule has 2 nitrogen and oxygen atoms in total. The Morgan fingerprint density at radius 3 is 1.57 bits per heavy atom. The maximum absolute atomic E-state index is 10.8. The van der Waals surface area contributed by atoms with Gasteiger partial charge in [-0.15, -0.1) is 0 Å². The molecule has 2 rings (SSSR count). The highest BCUT2D eigenvalue weighted by Gasteiger charge is 2.37. The van der Waals surface area contributed by atoms with Gasteiger partial charge in [0.1, 0.15) is 12.6 Å². The van der Waals surface area contributed by atoms with Crippen molar-refractivity contribution >= 4 is 12.6 Å². The van der Waals surface area contributed by atoms with Crippen molar-refractivity contribution in [1.29, 1.82) is 0 Å². The van der Waals surface area contributed by atoms with Crippen LogP contribution >= 0.6 is 0 Å². The van der Waals surface area contributed by atoms with Crippen LogP contribution in [0.15, 0.2) is 0 Å². The van der Waals surface area contributed by atoms with Gasteiger partial charge in [-0.1, -0.05) is 25.7 Å². The Balaban J connectivity index is 2.04. The standard InChI is InChI=1S/C12H18O2/c13-7-11-5-9-3-1-2-4-10(9)6-12(11)8-14/h7-12H,1-6H2. The molecule has 2 saturated carbocycles. The van der Waals surface area contributed by atoms with Crippen LogP contribution in [0.25, 0.3) is 0 Å². The topological polar surface area (TPSA) is 34.1 Å². The number of rotatable bonds is 2. The van der Waals surface area contributed by atoms with Crippen LogP contribution in [0.3, 0.4) is 0 Å². The minimum Gasteiger partial charge on any atom is -0.303 e. The molecule has 4 atom stereocenters. The van der Waals surface area contributed by atoms with Gasteiger partial charge in [0.25, 0.3) is 0 Å². The fourth-order valence-electron chi connectivity index (χ4n) is 3.27. The summed E-state index contributed by atoms with van der Waals surface area (Å²) >= 11 is 0. The minimum absolute atomic E-state index is 0.0202. The Kier molecular flexibility index (Phi) is 2.99. The van der Waals surface area contributed by atoms with Crippen molar-refractivity contribution in [3.8, 4) is 0 Å². The molecule has 0 bridgehead atoms. The molecule has 0 radical (unpaired) electrons. The second-order valence-corrected chi connectivity index (χ2v) is 4.88. The molecular weight excluding hydrogens is 176 g/mol. The molecule has 0 aliphatic heterocycles. The van der Waals surface area contributed by atoms with E-state index in [1.807, 2.05) is 0 Å². The largest absolute Gasteiger partial charge is 0.303 e. The number of carbonyl (C=O) groups excluding carboxylic acids is 2. The SMILES string of the molecule is O=CC1CC2CCCCC2CC1C=O. The molecule has 0 aromatic carbocycles. The average Bonchev–Trinajstić information content (AvgIpc) is 2.27. The van der Waals surface area contributed by atoms with Crippen molar-refractivity contribution in [2.24, 2.45) is 23.7 Å². The highest BCUT2D eigenvalue weighted by molar-refractivity contribution is 5.65. The van der Waals surface area contributed by atoms with Crippen molar-refractivity contribution in [1.82, 2.24) is 0 Å². The molecule has 14 heavy (non-hydrogen) atoms. The van der Waals surface area contributed by atoms with E-state index in [0.29, 0.717) is 0 Å². The first-order valence-electron chi connectivity index (χ1n) is 5.75. The van der Waals surface area contributed by atoms with E-state index in [-0.39, 0.29) is 11.8 Å². The van der Waals surface area contributed by atoms with Gasteiger partial charge in [-0.05, 0) is 24.7 Å². The van der Waals surface area contributed by atoms with Crippen molar-refractivity contribution in [3.63, 3.8) is 0 Å². The molecule has 0 aromatic heterocycles. The summed E-state index contributed by atoms with van der Waals surface area (Å²) < 4.78 is 0. The summed E-state index contributed by atoms with van der Waals surface area (Å²) in [5, 5.41) is 0. The summed E-state index contributed by atoms with van der Waals surface area (Å²) in [6, 6.07) is 0. The lowest BCUT2D eigenvalue weighted by atomic mass is 9.64. The molecular formula is C12H18O2. The molecule has 78 valence electrons. The Labute approximate surface area is 85.1 Å². The predicted octanol–water partition coefficient (Wildman–Crippen LogP) is 2.22. The Bertz CT molecular complexity index is 200. The second-order valence-electron chi connectivity index (χ2n) is 4.88. The fraction of sp³-hybridized carbons (Fsp3) is 0.833. The molecule has 2 heteroatoms. The third kappa shape index (κ3) is 1.75. The van der Waals surface area contributed by atoms with Crippen molar-refractivity contribution in [3.05, 3.63) is 0 Å². The van der Waals surface area contributed by atoms with E-state index in [0.717, 1.165) is 37.2 Å². The zero-order valence-electron chi connectivity index (χ0n) is 8.52. The highest BCUT2D eigenvalue weighted by Crippen LogP contribution is 2.44. The van der Waals surface area contributed by atoms with E-state index in [1.165, 1.54) is 25.7 Å². The van der Waals surface area contributed by atoms with Gasteiger partial charge in [0.05, 0.1) is 0 Å². The zero-order chi connectivity index (χ0) is 9.97. The molecule has 0 saturated heterocycles. The predicted molar refractivity (Wildman–Crippen MR) is 53.8 cm³/mol. The molecule has 2 aliphatic rings. The summed E-state index contributed by atoms with van der Waals surface area (Å²) in [5.74, 6) is 1.50. The van der Waals surface area contributed by atoms with Crippen LogP contribution in [-0.2, 0) is 9.59 Å². The molecule has 4 unspecified atom stereocenters. The van der Waals surface area contributed by atoms with Crippen LogP contribution < -0.4 is 0 Å². The van der Waals surface area contributed by atoms with Crippen LogP contribution in [0.1, 0.15) is 38.5 Å². The zero-order valence-corrected chi connectivity index (χ0v) is 8.52. The van der Waals surface area contributed by atoms with Gasteiger partial charge < -0.3 is 9.59 Å². The quantitative estimate of drug-likeness (QED) is 0.632. The Morgan fingerprint density at radius 2 is 1.21 bits per heavy atom. The maximum atomic E-state index is 10.8. The van der Waals surface area contributed by atoms with Crippen molar-refractivity contribution in [2.45, 2.75) is 38.5 Å². The van der Waals surface area contributed by atoms with Gasteiger partial charge in [-0.3, -0.25) is 0 Å². The molecule has 0 heterocycles. The summed E-state index contributed by atoms with van der Waals surface area (Å²) in [7, 11) is 0. The third-order valence-electron chi connectivity index (χ3n) is 4.12. The monoisotopic (exact) mass is 194 g/mol. The Morgan fingerprint density at radius 1 is 0.786 bits per heavy atom. The van der Waals surface area contributed by atoms with Crippen LogP contribution in [0.2, 0.25) is 0 Å². The number of fused-ring (bicyclic) bond motifs is 1. The van der Waals surface area contributed by atoms with Crippen molar-refractivity contribution in [2.75, 3.05) is 0 Å². The first kappa shape index (κ1) is 9.88. The number of aldehydes is 2. The molecule has 0 aromatic rings. The molecule has 0 spiro atoms. The smallest absolute Gasteiger partial charge is 0.123 e. The summed E-state index contributed by atoms with van der Waals surface area (Å²) in [6.07, 6.45) is 9.14.